The summed E-state index contributed by atoms with van der Waals surface area (Å²) in [6, 6.07) is 12.4. The van der Waals surface area contributed by atoms with Crippen molar-refractivity contribution in [3.8, 4) is 0 Å². The van der Waals surface area contributed by atoms with E-state index in [4.69, 9.17) is 9.47 Å². The molecule has 0 atom stereocenters. The standard InChI is InChI=1S/C22H28B2N2O8/c27-21(17-5-1-3-7-19(17)23(29)30)33-15-13-25-9-11-26(12-10-25)14-16-34-22(28)18-6-2-4-8-20(18)24(31)32/h1-8,29-32H,9-16H2. The molecule has 0 amide bonds. The molecule has 0 unspecified atom stereocenters. The maximum absolute atomic E-state index is 12.3. The van der Waals surface area contributed by atoms with Crippen LogP contribution in [0.5, 0.6) is 0 Å². The van der Waals surface area contributed by atoms with Crippen LogP contribution in [0.1, 0.15) is 20.7 Å². The molecule has 0 aliphatic carbocycles. The third-order valence-corrected chi connectivity index (χ3v) is 5.66. The van der Waals surface area contributed by atoms with E-state index in [1.807, 2.05) is 0 Å². The number of benzene rings is 2. The molecule has 0 aromatic heterocycles. The minimum atomic E-state index is -1.74. The van der Waals surface area contributed by atoms with Crippen molar-refractivity contribution < 1.29 is 39.2 Å². The number of esters is 2. The first-order valence-electron chi connectivity index (χ1n) is 11.1. The molecule has 2 aromatic rings. The van der Waals surface area contributed by atoms with Crippen LogP contribution in [0.15, 0.2) is 48.5 Å². The third-order valence-electron chi connectivity index (χ3n) is 5.66. The second-order valence-corrected chi connectivity index (χ2v) is 7.88. The molecule has 34 heavy (non-hydrogen) atoms. The maximum atomic E-state index is 12.3. The van der Waals surface area contributed by atoms with Crippen LogP contribution in [-0.2, 0) is 9.47 Å². The van der Waals surface area contributed by atoms with E-state index < -0.39 is 26.2 Å². The number of carbonyl (C=O) groups excluding carboxylic acids is 2. The van der Waals surface area contributed by atoms with Crippen LogP contribution in [0.3, 0.4) is 0 Å². The zero-order valence-electron chi connectivity index (χ0n) is 18.7. The summed E-state index contributed by atoms with van der Waals surface area (Å²) < 4.78 is 10.6. The van der Waals surface area contributed by atoms with Gasteiger partial charge >= 0.3 is 26.2 Å². The highest BCUT2D eigenvalue weighted by Gasteiger charge is 2.23. The Morgan fingerprint density at radius 1 is 0.676 bits per heavy atom. The summed E-state index contributed by atoms with van der Waals surface area (Å²) in [4.78, 5) is 28.8. The summed E-state index contributed by atoms with van der Waals surface area (Å²) in [5.74, 6) is -1.20. The van der Waals surface area contributed by atoms with Gasteiger partial charge in [0.05, 0.1) is 11.1 Å². The number of ether oxygens (including phenoxy) is 2. The van der Waals surface area contributed by atoms with Gasteiger partial charge in [-0.15, -0.1) is 0 Å². The Kier molecular flexibility index (Phi) is 9.63. The number of hydrogen-bond donors (Lipinski definition) is 4. The molecule has 1 heterocycles. The minimum Gasteiger partial charge on any atom is -0.461 e. The van der Waals surface area contributed by atoms with Gasteiger partial charge in [0.1, 0.15) is 13.2 Å². The topological polar surface area (TPSA) is 140 Å². The summed E-state index contributed by atoms with van der Waals surface area (Å²) in [6.07, 6.45) is 0. The summed E-state index contributed by atoms with van der Waals surface area (Å²) in [7, 11) is -3.49. The van der Waals surface area contributed by atoms with Crippen molar-refractivity contribution in [1.29, 1.82) is 0 Å². The van der Waals surface area contributed by atoms with E-state index in [2.05, 4.69) is 9.80 Å². The Bertz CT molecular complexity index is 890. The van der Waals surface area contributed by atoms with Crippen molar-refractivity contribution in [2.75, 3.05) is 52.5 Å². The molecule has 1 fully saturated rings. The minimum absolute atomic E-state index is 0.109. The molecule has 1 saturated heterocycles. The molecule has 0 radical (unpaired) electrons. The first-order chi connectivity index (χ1) is 16.4. The van der Waals surface area contributed by atoms with Gasteiger partial charge in [-0.2, -0.15) is 0 Å². The molecule has 12 heteroatoms. The van der Waals surface area contributed by atoms with E-state index in [9.17, 15) is 29.7 Å². The van der Waals surface area contributed by atoms with Crippen molar-refractivity contribution in [3.63, 3.8) is 0 Å². The molecule has 180 valence electrons. The molecule has 0 bridgehead atoms. The van der Waals surface area contributed by atoms with Gasteiger partial charge in [0.25, 0.3) is 0 Å². The van der Waals surface area contributed by atoms with Crippen LogP contribution in [-0.4, -0.2) is 109 Å². The van der Waals surface area contributed by atoms with Gasteiger partial charge in [0.2, 0.25) is 0 Å². The van der Waals surface area contributed by atoms with Crippen molar-refractivity contribution in [2.24, 2.45) is 0 Å². The average Bonchev–Trinajstić information content (AvgIpc) is 2.84. The predicted molar refractivity (Wildman–Crippen MR) is 126 cm³/mol. The van der Waals surface area contributed by atoms with E-state index in [0.717, 1.165) is 26.2 Å². The Hall–Kier alpha value is -2.73. The van der Waals surface area contributed by atoms with E-state index in [0.29, 0.717) is 13.1 Å². The highest BCUT2D eigenvalue weighted by molar-refractivity contribution is 6.60. The van der Waals surface area contributed by atoms with Crippen LogP contribution in [0.4, 0.5) is 0 Å². The molecule has 10 nitrogen and oxygen atoms in total. The molecular formula is C22H28B2N2O8. The largest absolute Gasteiger partial charge is 0.489 e. The lowest BCUT2D eigenvalue weighted by molar-refractivity contribution is 0.0353. The fraction of sp³-hybridized carbons (Fsp3) is 0.364. The van der Waals surface area contributed by atoms with Gasteiger partial charge in [-0.3, -0.25) is 9.80 Å². The number of piperazine rings is 1. The lowest BCUT2D eigenvalue weighted by atomic mass is 9.77. The van der Waals surface area contributed by atoms with Gasteiger partial charge in [-0.05, 0) is 23.1 Å². The predicted octanol–water partition coefficient (Wildman–Crippen LogP) is -2.32. The summed E-state index contributed by atoms with van der Waals surface area (Å²) >= 11 is 0. The molecular weight excluding hydrogens is 442 g/mol. The van der Waals surface area contributed by atoms with E-state index in [1.54, 1.807) is 24.3 Å². The van der Waals surface area contributed by atoms with E-state index in [1.165, 1.54) is 24.3 Å². The van der Waals surface area contributed by atoms with Crippen molar-refractivity contribution in [3.05, 3.63) is 59.7 Å². The van der Waals surface area contributed by atoms with Crippen LogP contribution >= 0.6 is 0 Å². The maximum Gasteiger partial charge on any atom is 0.489 e. The molecule has 0 spiro atoms. The zero-order chi connectivity index (χ0) is 24.5. The smallest absolute Gasteiger partial charge is 0.461 e. The Morgan fingerprint density at radius 2 is 1.03 bits per heavy atom. The zero-order valence-corrected chi connectivity index (χ0v) is 18.7. The molecule has 2 aromatic carbocycles. The Labute approximate surface area is 198 Å². The average molecular weight is 470 g/mol. The molecule has 3 rings (SSSR count). The fourth-order valence-corrected chi connectivity index (χ4v) is 3.74. The lowest BCUT2D eigenvalue weighted by Gasteiger charge is -2.34. The second-order valence-electron chi connectivity index (χ2n) is 7.88. The highest BCUT2D eigenvalue weighted by Crippen LogP contribution is 2.05. The van der Waals surface area contributed by atoms with Gasteiger partial charge < -0.3 is 29.6 Å². The molecule has 0 saturated carbocycles. The van der Waals surface area contributed by atoms with Crippen molar-refractivity contribution in [1.82, 2.24) is 9.80 Å². The van der Waals surface area contributed by atoms with Gasteiger partial charge in [0, 0.05) is 39.3 Å². The molecule has 1 aliphatic heterocycles. The molecule has 4 N–H and O–H groups in total. The van der Waals surface area contributed by atoms with Crippen molar-refractivity contribution >= 4 is 37.1 Å². The summed E-state index contributed by atoms with van der Waals surface area (Å²) in [5, 5.41) is 37.5. The fourth-order valence-electron chi connectivity index (χ4n) is 3.74. The normalized spacial score (nSPS) is 14.5. The number of hydrogen-bond acceptors (Lipinski definition) is 10. The first-order valence-corrected chi connectivity index (χ1v) is 11.1. The van der Waals surface area contributed by atoms with Crippen LogP contribution in [0.2, 0.25) is 0 Å². The first kappa shape index (κ1) is 25.9. The lowest BCUT2D eigenvalue weighted by Crippen LogP contribution is -2.48. The van der Waals surface area contributed by atoms with Crippen LogP contribution < -0.4 is 10.9 Å². The second kappa shape index (κ2) is 12.7. The SMILES string of the molecule is O=C(OCCN1CCN(CCOC(=O)c2ccccc2B(O)O)CC1)c1ccccc1B(O)O. The Balaban J connectivity index is 1.35. The van der Waals surface area contributed by atoms with Gasteiger partial charge in [-0.25, -0.2) is 9.59 Å². The van der Waals surface area contributed by atoms with E-state index in [-0.39, 0.29) is 35.3 Å². The summed E-state index contributed by atoms with van der Waals surface area (Å²) in [5.41, 5.74) is 0.483. The summed E-state index contributed by atoms with van der Waals surface area (Å²) in [6.45, 7) is 4.52. The van der Waals surface area contributed by atoms with E-state index >= 15 is 0 Å². The Morgan fingerprint density at radius 3 is 1.38 bits per heavy atom. The quantitative estimate of drug-likeness (QED) is 0.221. The third kappa shape index (κ3) is 7.13. The van der Waals surface area contributed by atoms with Crippen LogP contribution in [0, 0.1) is 0 Å². The highest BCUT2D eigenvalue weighted by atomic mass is 16.5. The number of carbonyl (C=O) groups is 2. The monoisotopic (exact) mass is 470 g/mol. The number of rotatable bonds is 10. The van der Waals surface area contributed by atoms with Crippen molar-refractivity contribution in [2.45, 2.75) is 0 Å². The molecule has 1 aliphatic rings. The number of nitrogens with zero attached hydrogens (tertiary/aromatic N) is 2. The van der Waals surface area contributed by atoms with Gasteiger partial charge in [0.15, 0.2) is 0 Å². The van der Waals surface area contributed by atoms with Gasteiger partial charge in [-0.1, -0.05) is 36.4 Å². The van der Waals surface area contributed by atoms with Crippen LogP contribution in [0.25, 0.3) is 0 Å².